The van der Waals surface area contributed by atoms with E-state index in [-0.39, 0.29) is 0 Å². The number of hydrogen-bond donors (Lipinski definition) is 0. The first-order valence-corrected chi connectivity index (χ1v) is 14.3. The highest BCUT2D eigenvalue weighted by atomic mass is 16.3. The number of benzene rings is 5. The van der Waals surface area contributed by atoms with Gasteiger partial charge in [0.2, 0.25) is 0 Å². The molecular formula is C38H21N3O2. The van der Waals surface area contributed by atoms with Gasteiger partial charge in [-0.1, -0.05) is 48.5 Å². The summed E-state index contributed by atoms with van der Waals surface area (Å²) >= 11 is 0. The minimum atomic E-state index is 0.594. The van der Waals surface area contributed by atoms with Gasteiger partial charge in [0.15, 0.2) is 0 Å². The van der Waals surface area contributed by atoms with Gasteiger partial charge in [-0.25, -0.2) is 0 Å². The van der Waals surface area contributed by atoms with E-state index in [1.54, 1.807) is 6.07 Å². The van der Waals surface area contributed by atoms with Gasteiger partial charge in [0.25, 0.3) is 0 Å². The molecule has 43 heavy (non-hydrogen) atoms. The van der Waals surface area contributed by atoms with Gasteiger partial charge in [-0.3, -0.25) is 0 Å². The monoisotopic (exact) mass is 551 g/mol. The highest BCUT2D eigenvalue weighted by Gasteiger charge is 2.24. The summed E-state index contributed by atoms with van der Waals surface area (Å²) in [6.07, 6.45) is 3.75. The predicted molar refractivity (Wildman–Crippen MR) is 171 cm³/mol. The Hall–Kier alpha value is -6.04. The zero-order valence-electron chi connectivity index (χ0n) is 22.9. The lowest BCUT2D eigenvalue weighted by atomic mass is 9.90. The third-order valence-corrected chi connectivity index (χ3v) is 8.72. The maximum atomic E-state index is 10.4. The lowest BCUT2D eigenvalue weighted by Gasteiger charge is -2.22. The average molecular weight is 552 g/mol. The standard InChI is InChI=1S/C38H21N3O2/c39-20-22-12-14-34-28(16-22)30-18-31-29-17-23(13-15-35(29)43-37(31)19-36(30)42-34)25-9-5-6-24(21-40)38(25)41-32-10-3-1-7-26(32)27-8-2-4-11-33(27)41/h1-4,7-19H,5-6H2. The molecule has 3 heterocycles. The number of hydrogen-bond acceptors (Lipinski definition) is 4. The summed E-state index contributed by atoms with van der Waals surface area (Å²) in [6.45, 7) is 0. The van der Waals surface area contributed by atoms with Crippen molar-refractivity contribution in [1.82, 2.24) is 4.57 Å². The van der Waals surface area contributed by atoms with Crippen LogP contribution in [0.15, 0.2) is 118 Å². The topological polar surface area (TPSA) is 78.8 Å². The van der Waals surface area contributed by atoms with E-state index in [1.807, 2.05) is 24.3 Å². The van der Waals surface area contributed by atoms with Gasteiger partial charge in [0.1, 0.15) is 22.3 Å². The lowest BCUT2D eigenvalue weighted by Crippen LogP contribution is -2.07. The van der Waals surface area contributed by atoms with Gasteiger partial charge in [-0.2, -0.15) is 10.5 Å². The summed E-state index contributed by atoms with van der Waals surface area (Å²) in [4.78, 5) is 0. The smallest absolute Gasteiger partial charge is 0.139 e. The summed E-state index contributed by atoms with van der Waals surface area (Å²) in [7, 11) is 0. The molecule has 3 aromatic heterocycles. The Morgan fingerprint density at radius 2 is 1.21 bits per heavy atom. The molecule has 1 aliphatic rings. The fourth-order valence-electron chi connectivity index (χ4n) is 6.80. The summed E-state index contributed by atoms with van der Waals surface area (Å²) in [5.74, 6) is 0. The van der Waals surface area contributed by atoms with Crippen LogP contribution in [0.25, 0.3) is 77.0 Å². The number of fused-ring (bicyclic) bond motifs is 9. The molecule has 5 heteroatoms. The molecule has 0 saturated heterocycles. The Morgan fingerprint density at radius 1 is 0.581 bits per heavy atom. The number of nitriles is 2. The first-order chi connectivity index (χ1) is 21.2. The molecule has 1 aliphatic carbocycles. The van der Waals surface area contributed by atoms with Crippen molar-refractivity contribution in [2.24, 2.45) is 0 Å². The molecule has 9 rings (SSSR count). The number of rotatable bonds is 2. The molecule has 0 bridgehead atoms. The van der Waals surface area contributed by atoms with E-state index >= 15 is 0 Å². The minimum Gasteiger partial charge on any atom is -0.456 e. The van der Waals surface area contributed by atoms with Gasteiger partial charge in [-0.15, -0.1) is 0 Å². The van der Waals surface area contributed by atoms with Crippen molar-refractivity contribution in [1.29, 1.82) is 10.5 Å². The van der Waals surface area contributed by atoms with Crippen LogP contribution in [0.4, 0.5) is 0 Å². The van der Waals surface area contributed by atoms with E-state index in [0.29, 0.717) is 12.0 Å². The molecule has 5 aromatic carbocycles. The first kappa shape index (κ1) is 23.6. The van der Waals surface area contributed by atoms with Gasteiger partial charge in [0.05, 0.1) is 40.0 Å². The molecule has 8 aromatic rings. The minimum absolute atomic E-state index is 0.594. The maximum absolute atomic E-state index is 10.4. The van der Waals surface area contributed by atoms with Crippen LogP contribution in [0.1, 0.15) is 24.0 Å². The van der Waals surface area contributed by atoms with Gasteiger partial charge < -0.3 is 13.4 Å². The Morgan fingerprint density at radius 3 is 1.88 bits per heavy atom. The predicted octanol–water partition coefficient (Wildman–Crippen LogP) is 10.1. The molecule has 0 amide bonds. The first-order valence-electron chi connectivity index (χ1n) is 14.3. The molecular weight excluding hydrogens is 530 g/mol. The second kappa shape index (κ2) is 8.73. The summed E-state index contributed by atoms with van der Waals surface area (Å²) in [5.41, 5.74) is 9.54. The van der Waals surface area contributed by atoms with Crippen LogP contribution in [0.2, 0.25) is 0 Å². The van der Waals surface area contributed by atoms with E-state index in [4.69, 9.17) is 8.83 Å². The largest absolute Gasteiger partial charge is 0.456 e. The summed E-state index contributed by atoms with van der Waals surface area (Å²) < 4.78 is 14.7. The molecule has 0 radical (unpaired) electrons. The third kappa shape index (κ3) is 3.31. The zero-order valence-corrected chi connectivity index (χ0v) is 22.9. The van der Waals surface area contributed by atoms with Gasteiger partial charge >= 0.3 is 0 Å². The second-order valence-corrected chi connectivity index (χ2v) is 11.0. The zero-order chi connectivity index (χ0) is 28.7. The number of aromatic nitrogens is 1. The molecule has 0 N–H and O–H groups in total. The van der Waals surface area contributed by atoms with Gasteiger partial charge in [-0.05, 0) is 66.9 Å². The van der Waals surface area contributed by atoms with Crippen LogP contribution in [-0.2, 0) is 0 Å². The Balaban J connectivity index is 1.29. The fraction of sp³-hybridized carbons (Fsp3) is 0.0526. The third-order valence-electron chi connectivity index (χ3n) is 8.72. The van der Waals surface area contributed by atoms with Crippen LogP contribution < -0.4 is 0 Å². The summed E-state index contributed by atoms with van der Waals surface area (Å²) in [5, 5.41) is 26.0. The average Bonchev–Trinajstić information content (AvgIpc) is 3.71. The van der Waals surface area contributed by atoms with E-state index in [0.717, 1.165) is 83.7 Å². The molecule has 0 atom stereocenters. The molecule has 0 aliphatic heterocycles. The second-order valence-electron chi connectivity index (χ2n) is 11.0. The van der Waals surface area contributed by atoms with E-state index < -0.39 is 0 Å². The molecule has 0 fully saturated rings. The molecule has 200 valence electrons. The van der Waals surface area contributed by atoms with Crippen molar-refractivity contribution < 1.29 is 8.83 Å². The summed E-state index contributed by atoms with van der Waals surface area (Å²) in [6, 6.07) is 37.4. The molecule has 0 saturated carbocycles. The number of furan rings is 2. The van der Waals surface area contributed by atoms with E-state index in [9.17, 15) is 10.5 Å². The Labute approximate surface area is 245 Å². The Kier molecular flexibility index (Phi) is 4.80. The SMILES string of the molecule is N#CC1=C(n2c3ccccc3c3ccccc32)C(c2ccc3oc4cc5oc6ccc(C#N)cc6c5cc4c3c2)=CCC1. The van der Waals surface area contributed by atoms with Crippen molar-refractivity contribution in [3.63, 3.8) is 0 Å². The van der Waals surface area contributed by atoms with Crippen LogP contribution >= 0.6 is 0 Å². The van der Waals surface area contributed by atoms with Crippen LogP contribution in [0.3, 0.4) is 0 Å². The normalized spacial score (nSPS) is 13.9. The lowest BCUT2D eigenvalue weighted by molar-refractivity contribution is 0.656. The van der Waals surface area contributed by atoms with Crippen molar-refractivity contribution in [3.8, 4) is 12.1 Å². The molecule has 0 spiro atoms. The highest BCUT2D eigenvalue weighted by Crippen LogP contribution is 2.43. The quantitative estimate of drug-likeness (QED) is 0.214. The fourth-order valence-corrected chi connectivity index (χ4v) is 6.80. The van der Waals surface area contributed by atoms with Crippen molar-refractivity contribution in [2.75, 3.05) is 0 Å². The molecule has 5 nitrogen and oxygen atoms in total. The number of allylic oxidation sites excluding steroid dienone is 4. The van der Waals surface area contributed by atoms with E-state index in [1.165, 1.54) is 10.8 Å². The van der Waals surface area contributed by atoms with Crippen LogP contribution in [0.5, 0.6) is 0 Å². The number of nitrogens with zero attached hydrogens (tertiary/aromatic N) is 3. The van der Waals surface area contributed by atoms with E-state index in [2.05, 4.69) is 89.5 Å². The van der Waals surface area contributed by atoms with Crippen LogP contribution in [0, 0.1) is 22.7 Å². The van der Waals surface area contributed by atoms with Crippen molar-refractivity contribution in [3.05, 3.63) is 120 Å². The Bertz CT molecular complexity index is 2590. The maximum Gasteiger partial charge on any atom is 0.139 e. The van der Waals surface area contributed by atoms with Crippen LogP contribution in [-0.4, -0.2) is 4.57 Å². The van der Waals surface area contributed by atoms with Crippen molar-refractivity contribution >= 4 is 77.0 Å². The highest BCUT2D eigenvalue weighted by molar-refractivity contribution is 6.18. The van der Waals surface area contributed by atoms with Gasteiger partial charge in [0, 0.05) is 44.0 Å². The van der Waals surface area contributed by atoms with Crippen molar-refractivity contribution in [2.45, 2.75) is 12.8 Å². The number of para-hydroxylation sites is 2. The molecule has 0 unspecified atom stereocenters.